The molecule has 2 aromatic carbocycles. The first kappa shape index (κ1) is 22.9. The second kappa shape index (κ2) is 8.27. The molecule has 2 amide bonds. The quantitative estimate of drug-likeness (QED) is 0.353. The number of carbonyl (C=O) groups is 2. The maximum absolute atomic E-state index is 13.8. The molecule has 0 unspecified atom stereocenters. The lowest BCUT2D eigenvalue weighted by atomic mass is 9.98. The zero-order chi connectivity index (χ0) is 24.1. The molecule has 1 aliphatic rings. The molecule has 2 heterocycles. The van der Waals surface area contributed by atoms with Crippen LogP contribution in [0.25, 0.3) is 0 Å². The van der Waals surface area contributed by atoms with E-state index in [0.29, 0.717) is 12.1 Å². The van der Waals surface area contributed by atoms with Gasteiger partial charge in [0.05, 0.1) is 17.3 Å². The number of rotatable bonds is 3. The topological polar surface area (TPSA) is 71.1 Å². The van der Waals surface area contributed by atoms with Crippen molar-refractivity contribution in [1.82, 2.24) is 10.3 Å². The van der Waals surface area contributed by atoms with E-state index in [1.165, 1.54) is 6.07 Å². The van der Waals surface area contributed by atoms with Crippen LogP contribution in [0.4, 0.5) is 27.6 Å². The summed E-state index contributed by atoms with van der Waals surface area (Å²) in [5, 5.41) is 4.78. The molecule has 33 heavy (non-hydrogen) atoms. The van der Waals surface area contributed by atoms with Crippen LogP contribution >= 0.6 is 23.2 Å². The maximum Gasteiger partial charge on any atom is 0.416 e. The lowest BCUT2D eigenvalue weighted by Gasteiger charge is -2.18. The molecule has 0 radical (unpaired) electrons. The van der Waals surface area contributed by atoms with Crippen molar-refractivity contribution in [2.24, 2.45) is 0 Å². The first-order valence-corrected chi connectivity index (χ1v) is 9.85. The molecule has 5 nitrogen and oxygen atoms in total. The molecule has 1 aliphatic heterocycles. The first-order valence-electron chi connectivity index (χ1n) is 9.09. The molecular weight excluding hydrogens is 492 g/mol. The minimum atomic E-state index is -4.88. The van der Waals surface area contributed by atoms with Crippen LogP contribution in [0.2, 0.25) is 10.2 Å². The van der Waals surface area contributed by atoms with E-state index in [2.05, 4.69) is 15.6 Å². The minimum Gasteiger partial charge on any atom is -0.340 e. The lowest BCUT2D eigenvalue weighted by Crippen LogP contribution is -2.21. The highest BCUT2D eigenvalue weighted by Gasteiger charge is 2.36. The highest BCUT2D eigenvalue weighted by molar-refractivity contribution is 6.31. The SMILES string of the molecule is O=C(Nc1cc(Cl)nc2c1[C@@H](c1cc(F)ccc1Cl)NC2=O)c1cc(F)cc(C(F)(F)F)c1. The maximum atomic E-state index is 13.8. The molecule has 0 spiro atoms. The van der Waals surface area contributed by atoms with Gasteiger partial charge in [-0.3, -0.25) is 9.59 Å². The molecule has 0 bridgehead atoms. The third kappa shape index (κ3) is 4.49. The fourth-order valence-corrected chi connectivity index (χ4v) is 3.83. The van der Waals surface area contributed by atoms with E-state index in [1.54, 1.807) is 0 Å². The van der Waals surface area contributed by atoms with Crippen LogP contribution in [-0.2, 0) is 6.18 Å². The second-order valence-corrected chi connectivity index (χ2v) is 7.80. The summed E-state index contributed by atoms with van der Waals surface area (Å²) in [6, 6.07) is 4.91. The Bertz CT molecular complexity index is 1310. The molecule has 0 saturated carbocycles. The number of alkyl halides is 3. The predicted molar refractivity (Wildman–Crippen MR) is 109 cm³/mol. The number of nitrogens with zero attached hydrogens (tertiary/aromatic N) is 1. The number of pyridine rings is 1. The van der Waals surface area contributed by atoms with Crippen molar-refractivity contribution in [2.45, 2.75) is 12.2 Å². The number of benzene rings is 2. The smallest absolute Gasteiger partial charge is 0.340 e. The Balaban J connectivity index is 1.79. The molecule has 3 aromatic rings. The van der Waals surface area contributed by atoms with Crippen molar-refractivity contribution >= 4 is 40.7 Å². The molecule has 1 aromatic heterocycles. The van der Waals surface area contributed by atoms with Gasteiger partial charge >= 0.3 is 6.18 Å². The summed E-state index contributed by atoms with van der Waals surface area (Å²) >= 11 is 12.1. The molecule has 0 aliphatic carbocycles. The first-order chi connectivity index (χ1) is 15.4. The number of carbonyl (C=O) groups excluding carboxylic acids is 2. The normalized spacial score (nSPS) is 15.2. The molecule has 1 atom stereocenters. The minimum absolute atomic E-state index is 0.0673. The number of amides is 2. The third-order valence-electron chi connectivity index (χ3n) is 4.81. The summed E-state index contributed by atoms with van der Waals surface area (Å²) in [6.07, 6.45) is -4.88. The van der Waals surface area contributed by atoms with E-state index in [1.807, 2.05) is 0 Å². The zero-order valence-electron chi connectivity index (χ0n) is 16.0. The van der Waals surface area contributed by atoms with Gasteiger partial charge < -0.3 is 10.6 Å². The average molecular weight is 502 g/mol. The molecule has 170 valence electrons. The van der Waals surface area contributed by atoms with Gasteiger partial charge in [0, 0.05) is 21.7 Å². The van der Waals surface area contributed by atoms with Gasteiger partial charge in [-0.2, -0.15) is 13.2 Å². The number of hydrogen-bond donors (Lipinski definition) is 2. The summed E-state index contributed by atoms with van der Waals surface area (Å²) in [4.78, 5) is 29.1. The predicted octanol–water partition coefficient (Wildman–Crippen LogP) is 5.77. The molecule has 12 heteroatoms. The van der Waals surface area contributed by atoms with Crippen LogP contribution in [0, 0.1) is 11.6 Å². The van der Waals surface area contributed by atoms with Crippen LogP contribution in [-0.4, -0.2) is 16.8 Å². The van der Waals surface area contributed by atoms with Crippen LogP contribution in [0.3, 0.4) is 0 Å². The van der Waals surface area contributed by atoms with Crippen molar-refractivity contribution in [3.8, 4) is 0 Å². The fraction of sp³-hybridized carbons (Fsp3) is 0.0952. The molecular formula is C21H10Cl2F5N3O2. The van der Waals surface area contributed by atoms with Crippen molar-refractivity contribution in [1.29, 1.82) is 0 Å². The summed E-state index contributed by atoms with van der Waals surface area (Å²) in [6.45, 7) is 0. The van der Waals surface area contributed by atoms with Gasteiger partial charge in [-0.05, 0) is 42.5 Å². The van der Waals surface area contributed by atoms with Gasteiger partial charge in [-0.25, -0.2) is 13.8 Å². The van der Waals surface area contributed by atoms with Crippen molar-refractivity contribution in [3.63, 3.8) is 0 Å². The van der Waals surface area contributed by atoms with Crippen LogP contribution in [0.5, 0.6) is 0 Å². The van der Waals surface area contributed by atoms with Crippen molar-refractivity contribution in [3.05, 3.63) is 92.2 Å². The molecule has 4 rings (SSSR count). The summed E-state index contributed by atoms with van der Waals surface area (Å²) in [7, 11) is 0. The van der Waals surface area contributed by atoms with Gasteiger partial charge in [0.25, 0.3) is 11.8 Å². The highest BCUT2D eigenvalue weighted by Crippen LogP contribution is 2.40. The molecule has 2 N–H and O–H groups in total. The van der Waals surface area contributed by atoms with E-state index in [0.717, 1.165) is 18.2 Å². The zero-order valence-corrected chi connectivity index (χ0v) is 17.5. The standard InChI is InChI=1S/C21H10Cl2F5N3O2/c22-13-2-1-10(24)6-12(13)17-16-14(7-15(23)30-18(16)20(33)31-17)29-19(32)8-3-9(21(26,27)28)5-11(25)4-8/h1-7,17H,(H,31,33)(H,29,30,32)/t17-/m1/s1. The third-order valence-corrected chi connectivity index (χ3v) is 5.35. The van der Waals surface area contributed by atoms with E-state index in [9.17, 15) is 31.5 Å². The van der Waals surface area contributed by atoms with Gasteiger partial charge in [0.2, 0.25) is 0 Å². The second-order valence-electron chi connectivity index (χ2n) is 7.01. The Morgan fingerprint density at radius 2 is 1.76 bits per heavy atom. The van der Waals surface area contributed by atoms with E-state index in [4.69, 9.17) is 23.2 Å². The highest BCUT2D eigenvalue weighted by atomic mass is 35.5. The number of anilines is 1. The van der Waals surface area contributed by atoms with Gasteiger partial charge in [-0.1, -0.05) is 23.2 Å². The monoisotopic (exact) mass is 501 g/mol. The van der Waals surface area contributed by atoms with Gasteiger partial charge in [-0.15, -0.1) is 0 Å². The Kier molecular flexibility index (Phi) is 5.75. The van der Waals surface area contributed by atoms with Crippen LogP contribution < -0.4 is 10.6 Å². The van der Waals surface area contributed by atoms with Gasteiger partial charge in [0.15, 0.2) is 0 Å². The van der Waals surface area contributed by atoms with Crippen LogP contribution in [0.15, 0.2) is 42.5 Å². The van der Waals surface area contributed by atoms with Crippen molar-refractivity contribution in [2.75, 3.05) is 5.32 Å². The summed E-state index contributed by atoms with van der Waals surface area (Å²) < 4.78 is 66.6. The Hall–Kier alpha value is -3.24. The summed E-state index contributed by atoms with van der Waals surface area (Å²) in [5.74, 6) is -3.72. The van der Waals surface area contributed by atoms with Crippen molar-refractivity contribution < 1.29 is 31.5 Å². The number of halogens is 7. The fourth-order valence-electron chi connectivity index (χ4n) is 3.41. The Morgan fingerprint density at radius 1 is 1.03 bits per heavy atom. The summed E-state index contributed by atoms with van der Waals surface area (Å²) in [5.41, 5.74) is -2.06. The molecule has 0 fully saturated rings. The van der Waals surface area contributed by atoms with E-state index < -0.39 is 46.8 Å². The molecule has 0 saturated heterocycles. The number of hydrogen-bond acceptors (Lipinski definition) is 3. The number of nitrogens with one attached hydrogen (secondary N) is 2. The van der Waals surface area contributed by atoms with Gasteiger partial charge in [0.1, 0.15) is 22.5 Å². The number of aromatic nitrogens is 1. The van der Waals surface area contributed by atoms with E-state index in [-0.39, 0.29) is 38.8 Å². The van der Waals surface area contributed by atoms with Crippen LogP contribution in [0.1, 0.15) is 43.6 Å². The largest absolute Gasteiger partial charge is 0.416 e. The Morgan fingerprint density at radius 3 is 2.45 bits per heavy atom. The Labute approximate surface area is 192 Å². The average Bonchev–Trinajstić information content (AvgIpc) is 3.05. The lowest BCUT2D eigenvalue weighted by molar-refractivity contribution is -0.137. The van der Waals surface area contributed by atoms with E-state index >= 15 is 0 Å². The number of fused-ring (bicyclic) bond motifs is 1.